The number of rotatable bonds is 4. The molecule has 0 fully saturated rings. The number of hydrogen-bond donors (Lipinski definition) is 1. The maximum absolute atomic E-state index is 5.66. The van der Waals surface area contributed by atoms with Crippen LogP contribution in [0.25, 0.3) is 11.5 Å². The topological polar surface area (TPSA) is 77.8 Å². The Balaban J connectivity index is 1.70. The van der Waals surface area contributed by atoms with E-state index in [1.807, 2.05) is 31.2 Å². The van der Waals surface area contributed by atoms with E-state index in [-0.39, 0.29) is 0 Å². The molecule has 102 valence electrons. The maximum atomic E-state index is 5.66. The molecule has 20 heavy (non-hydrogen) atoms. The highest BCUT2D eigenvalue weighted by molar-refractivity contribution is 8.00. The number of nitrogens with zero attached hydrogens (tertiary/aromatic N) is 3. The van der Waals surface area contributed by atoms with Crippen molar-refractivity contribution in [3.8, 4) is 11.5 Å². The van der Waals surface area contributed by atoms with Gasteiger partial charge in [0.15, 0.2) is 5.13 Å². The molecule has 5 nitrogen and oxygen atoms in total. The highest BCUT2D eigenvalue weighted by Crippen LogP contribution is 2.29. The van der Waals surface area contributed by atoms with Crippen molar-refractivity contribution < 1.29 is 4.42 Å². The summed E-state index contributed by atoms with van der Waals surface area (Å²) in [6.45, 7) is 2.03. The van der Waals surface area contributed by atoms with E-state index in [0.29, 0.717) is 22.7 Å². The molecule has 2 heterocycles. The summed E-state index contributed by atoms with van der Waals surface area (Å²) in [5.41, 5.74) is 7.69. The summed E-state index contributed by atoms with van der Waals surface area (Å²) in [4.78, 5) is 4.00. The van der Waals surface area contributed by atoms with Gasteiger partial charge in [-0.2, -0.15) is 0 Å². The van der Waals surface area contributed by atoms with Crippen molar-refractivity contribution in [2.24, 2.45) is 0 Å². The van der Waals surface area contributed by atoms with Gasteiger partial charge in [0.25, 0.3) is 0 Å². The Bertz CT molecular complexity index is 722. The molecule has 0 saturated heterocycles. The second-order valence-electron chi connectivity index (χ2n) is 4.18. The standard InChI is InChI=1S/C13H12N4OS2/c1-8-3-2-4-9(5-8)12-17-16-10(18-12)7-19-11-6-15-13(14)20-11/h2-6H,7H2,1H3,(H2,14,15). The van der Waals surface area contributed by atoms with Gasteiger partial charge in [-0.1, -0.05) is 29.0 Å². The number of aromatic nitrogens is 3. The summed E-state index contributed by atoms with van der Waals surface area (Å²) in [5.74, 6) is 1.76. The number of hydrogen-bond acceptors (Lipinski definition) is 7. The number of thioether (sulfide) groups is 1. The first kappa shape index (κ1) is 13.1. The lowest BCUT2D eigenvalue weighted by atomic mass is 10.1. The first-order chi connectivity index (χ1) is 9.70. The van der Waals surface area contributed by atoms with Gasteiger partial charge in [-0.25, -0.2) is 4.98 Å². The van der Waals surface area contributed by atoms with Crippen LogP contribution < -0.4 is 5.73 Å². The van der Waals surface area contributed by atoms with Crippen LogP contribution in [0.5, 0.6) is 0 Å². The number of nitrogens with two attached hydrogens (primary N) is 1. The minimum atomic E-state index is 0.549. The van der Waals surface area contributed by atoms with E-state index < -0.39 is 0 Å². The van der Waals surface area contributed by atoms with Gasteiger partial charge < -0.3 is 10.2 Å². The van der Waals surface area contributed by atoms with Crippen molar-refractivity contribution in [3.63, 3.8) is 0 Å². The van der Waals surface area contributed by atoms with Crippen molar-refractivity contribution in [1.29, 1.82) is 0 Å². The molecule has 0 atom stereocenters. The summed E-state index contributed by atoms with van der Waals surface area (Å²) < 4.78 is 6.70. The van der Waals surface area contributed by atoms with Gasteiger partial charge in [0.05, 0.1) is 16.2 Å². The van der Waals surface area contributed by atoms with Gasteiger partial charge in [-0.15, -0.1) is 22.0 Å². The Morgan fingerprint density at radius 1 is 1.35 bits per heavy atom. The van der Waals surface area contributed by atoms with Gasteiger partial charge in [0.1, 0.15) is 0 Å². The molecule has 0 unspecified atom stereocenters. The minimum Gasteiger partial charge on any atom is -0.420 e. The van der Waals surface area contributed by atoms with E-state index in [4.69, 9.17) is 10.2 Å². The van der Waals surface area contributed by atoms with Crippen LogP contribution in [0.1, 0.15) is 11.5 Å². The van der Waals surface area contributed by atoms with Gasteiger partial charge in [-0.05, 0) is 19.1 Å². The largest absolute Gasteiger partial charge is 0.420 e. The average molecular weight is 304 g/mol. The third-order valence-corrected chi connectivity index (χ3v) is 4.58. The van der Waals surface area contributed by atoms with E-state index in [9.17, 15) is 0 Å². The van der Waals surface area contributed by atoms with Crippen LogP contribution in [0.15, 0.2) is 39.1 Å². The van der Waals surface area contributed by atoms with Crippen molar-refractivity contribution in [2.45, 2.75) is 16.9 Å². The van der Waals surface area contributed by atoms with Gasteiger partial charge in [-0.3, -0.25) is 0 Å². The third kappa shape index (κ3) is 3.00. The molecule has 0 saturated carbocycles. The Labute approximate surface area is 124 Å². The Hall–Kier alpha value is -1.86. The molecule has 3 aromatic rings. The molecule has 1 aromatic carbocycles. The van der Waals surface area contributed by atoms with E-state index in [1.54, 1.807) is 18.0 Å². The quantitative estimate of drug-likeness (QED) is 0.744. The van der Waals surface area contributed by atoms with Crippen LogP contribution in [-0.2, 0) is 5.75 Å². The molecule has 0 bridgehead atoms. The van der Waals surface area contributed by atoms with Crippen LogP contribution in [0.4, 0.5) is 5.13 Å². The number of aryl methyl sites for hydroxylation is 1. The first-order valence-corrected chi connectivity index (χ1v) is 7.74. The normalized spacial score (nSPS) is 10.8. The second-order valence-corrected chi connectivity index (χ2v) is 6.51. The summed E-state index contributed by atoms with van der Waals surface area (Å²) >= 11 is 3.04. The molecule has 3 rings (SSSR count). The van der Waals surface area contributed by atoms with Gasteiger partial charge >= 0.3 is 0 Å². The van der Waals surface area contributed by atoms with Crippen molar-refractivity contribution in [3.05, 3.63) is 41.9 Å². The zero-order valence-corrected chi connectivity index (χ0v) is 12.4. The van der Waals surface area contributed by atoms with Crippen LogP contribution in [0.2, 0.25) is 0 Å². The maximum Gasteiger partial charge on any atom is 0.247 e. The Morgan fingerprint density at radius 3 is 3.00 bits per heavy atom. The smallest absolute Gasteiger partial charge is 0.247 e. The summed E-state index contributed by atoms with van der Waals surface area (Å²) in [6, 6.07) is 7.99. The molecule has 0 aliphatic rings. The lowest BCUT2D eigenvalue weighted by molar-refractivity contribution is 0.528. The molecule has 2 aromatic heterocycles. The summed E-state index contributed by atoms with van der Waals surface area (Å²) in [5, 5.41) is 8.71. The lowest BCUT2D eigenvalue weighted by Crippen LogP contribution is -1.79. The highest BCUT2D eigenvalue weighted by atomic mass is 32.2. The summed E-state index contributed by atoms with van der Waals surface area (Å²) in [6.07, 6.45) is 1.75. The van der Waals surface area contributed by atoms with Crippen molar-refractivity contribution >= 4 is 28.2 Å². The van der Waals surface area contributed by atoms with E-state index in [2.05, 4.69) is 15.2 Å². The molecule has 0 aliphatic carbocycles. The van der Waals surface area contributed by atoms with Crippen LogP contribution in [0, 0.1) is 6.92 Å². The minimum absolute atomic E-state index is 0.549. The Morgan fingerprint density at radius 2 is 2.25 bits per heavy atom. The molecular formula is C13H12N4OS2. The van der Waals surface area contributed by atoms with Crippen LogP contribution in [0.3, 0.4) is 0 Å². The lowest BCUT2D eigenvalue weighted by Gasteiger charge is -1.96. The first-order valence-electron chi connectivity index (χ1n) is 5.94. The van der Waals surface area contributed by atoms with Gasteiger partial charge in [0, 0.05) is 5.56 Å². The van der Waals surface area contributed by atoms with Crippen LogP contribution in [-0.4, -0.2) is 15.2 Å². The van der Waals surface area contributed by atoms with E-state index >= 15 is 0 Å². The fraction of sp³-hybridized carbons (Fsp3) is 0.154. The summed E-state index contributed by atoms with van der Waals surface area (Å²) in [7, 11) is 0. The molecule has 7 heteroatoms. The highest BCUT2D eigenvalue weighted by Gasteiger charge is 2.09. The SMILES string of the molecule is Cc1cccc(-c2nnc(CSc3cnc(N)s3)o2)c1. The van der Waals surface area contributed by atoms with Crippen LogP contribution >= 0.6 is 23.1 Å². The average Bonchev–Trinajstić information content (AvgIpc) is 3.05. The second kappa shape index (κ2) is 5.64. The molecule has 0 spiro atoms. The third-order valence-electron chi connectivity index (χ3n) is 2.57. The molecule has 2 N–H and O–H groups in total. The Kier molecular flexibility index (Phi) is 3.70. The predicted octanol–water partition coefficient (Wildman–Crippen LogP) is 3.38. The predicted molar refractivity (Wildman–Crippen MR) is 80.6 cm³/mol. The van der Waals surface area contributed by atoms with E-state index in [0.717, 1.165) is 15.3 Å². The van der Waals surface area contributed by atoms with E-state index in [1.165, 1.54) is 11.3 Å². The monoisotopic (exact) mass is 304 g/mol. The van der Waals surface area contributed by atoms with Gasteiger partial charge in [0.2, 0.25) is 11.8 Å². The fourth-order valence-electron chi connectivity index (χ4n) is 1.68. The zero-order chi connectivity index (χ0) is 13.9. The zero-order valence-electron chi connectivity index (χ0n) is 10.7. The molecular weight excluding hydrogens is 292 g/mol. The number of thiazole rings is 1. The fourth-order valence-corrected chi connectivity index (χ4v) is 3.27. The molecule has 0 amide bonds. The number of benzene rings is 1. The molecule has 0 radical (unpaired) electrons. The number of nitrogen functional groups attached to an aromatic ring is 1. The molecule has 0 aliphatic heterocycles. The van der Waals surface area contributed by atoms with Crippen molar-refractivity contribution in [1.82, 2.24) is 15.2 Å². The number of anilines is 1. The van der Waals surface area contributed by atoms with Crippen molar-refractivity contribution in [2.75, 3.05) is 5.73 Å².